The first-order valence-electron chi connectivity index (χ1n) is 9.51. The van der Waals surface area contributed by atoms with Crippen LogP contribution in [0, 0.1) is 29.1 Å². The van der Waals surface area contributed by atoms with Gasteiger partial charge >= 0.3 is 0 Å². The first kappa shape index (κ1) is 16.5. The van der Waals surface area contributed by atoms with Crippen molar-refractivity contribution >= 4 is 18.0 Å². The van der Waals surface area contributed by atoms with E-state index in [0.717, 1.165) is 23.4 Å². The molecule has 0 unspecified atom stereocenters. The lowest BCUT2D eigenvalue weighted by Crippen LogP contribution is -2.30. The van der Waals surface area contributed by atoms with E-state index in [0.29, 0.717) is 18.1 Å². The smallest absolute Gasteiger partial charge is 0.254 e. The zero-order valence-corrected chi connectivity index (χ0v) is 15.4. The Hall–Kier alpha value is -2.63. The van der Waals surface area contributed by atoms with E-state index in [9.17, 15) is 9.59 Å². The average molecular weight is 366 g/mol. The first-order chi connectivity index (χ1) is 13.1. The van der Waals surface area contributed by atoms with Crippen molar-refractivity contribution in [3.8, 4) is 11.5 Å². The van der Waals surface area contributed by atoms with Gasteiger partial charge in [-0.1, -0.05) is 12.2 Å². The summed E-state index contributed by atoms with van der Waals surface area (Å²) in [6, 6.07) is 5.41. The Labute approximate surface area is 157 Å². The number of allylic oxidation sites excluding steroid dienone is 2. The van der Waals surface area contributed by atoms with Crippen molar-refractivity contribution in [3.63, 3.8) is 0 Å². The van der Waals surface area contributed by atoms with Gasteiger partial charge in [-0.2, -0.15) is 10.1 Å². The van der Waals surface area contributed by atoms with Crippen LogP contribution in [-0.4, -0.2) is 36.8 Å². The molecule has 1 heterocycles. The molecule has 5 rings (SSSR count). The number of carbonyl (C=O) groups excluding carboxylic acids is 2. The predicted molar refractivity (Wildman–Crippen MR) is 98.4 cm³/mol. The fourth-order valence-electron chi connectivity index (χ4n) is 5.34. The van der Waals surface area contributed by atoms with E-state index in [1.807, 2.05) is 13.0 Å². The van der Waals surface area contributed by atoms with Gasteiger partial charge < -0.3 is 9.47 Å². The van der Waals surface area contributed by atoms with Crippen molar-refractivity contribution < 1.29 is 19.1 Å². The van der Waals surface area contributed by atoms with Crippen LogP contribution in [0.2, 0.25) is 0 Å². The van der Waals surface area contributed by atoms with Crippen molar-refractivity contribution in [2.75, 3.05) is 13.7 Å². The number of hydrogen-bond donors (Lipinski definition) is 0. The second-order valence-corrected chi connectivity index (χ2v) is 7.80. The Balaban J connectivity index is 1.38. The minimum atomic E-state index is -0.220. The molecular formula is C21H22N2O4. The van der Waals surface area contributed by atoms with Crippen LogP contribution in [-0.2, 0) is 9.59 Å². The summed E-state index contributed by atoms with van der Waals surface area (Å²) in [5, 5.41) is 5.32. The van der Waals surface area contributed by atoms with Crippen LogP contribution in [0.4, 0.5) is 0 Å². The first-order valence-corrected chi connectivity index (χ1v) is 9.51. The van der Waals surface area contributed by atoms with Crippen LogP contribution in [0.5, 0.6) is 11.5 Å². The van der Waals surface area contributed by atoms with Gasteiger partial charge in [0.1, 0.15) is 0 Å². The van der Waals surface area contributed by atoms with E-state index < -0.39 is 0 Å². The predicted octanol–water partition coefficient (Wildman–Crippen LogP) is 2.63. The molecule has 2 amide bonds. The van der Waals surface area contributed by atoms with Gasteiger partial charge in [0.15, 0.2) is 11.5 Å². The van der Waals surface area contributed by atoms with E-state index in [4.69, 9.17) is 9.47 Å². The number of benzene rings is 1. The molecule has 0 radical (unpaired) electrons. The molecule has 1 spiro atoms. The van der Waals surface area contributed by atoms with Gasteiger partial charge in [0.2, 0.25) is 0 Å². The number of amides is 2. The second kappa shape index (κ2) is 5.68. The summed E-state index contributed by atoms with van der Waals surface area (Å²) >= 11 is 0. The quantitative estimate of drug-likeness (QED) is 0.456. The Bertz CT molecular complexity index is 852. The summed E-state index contributed by atoms with van der Waals surface area (Å²) in [7, 11) is 1.57. The molecule has 140 valence electrons. The monoisotopic (exact) mass is 366 g/mol. The molecule has 1 aliphatic heterocycles. The number of nitrogens with zero attached hydrogens (tertiary/aromatic N) is 2. The SMILES string of the molecule is CCOc1ccc(/C=N\N2C(=O)[C@@H]3[C@H](C2=O)[C@@H]2C=C[C@@H]3C23CC3)cc1OC. The minimum absolute atomic E-state index is 0.151. The van der Waals surface area contributed by atoms with Crippen LogP contribution < -0.4 is 9.47 Å². The van der Waals surface area contributed by atoms with Gasteiger partial charge in [-0.15, -0.1) is 0 Å². The van der Waals surface area contributed by atoms with Crippen LogP contribution in [0.15, 0.2) is 35.5 Å². The minimum Gasteiger partial charge on any atom is -0.493 e. The summed E-state index contributed by atoms with van der Waals surface area (Å²) in [5.74, 6) is 0.935. The number of fused-ring (bicyclic) bond motifs is 3. The number of ether oxygens (including phenoxy) is 2. The summed E-state index contributed by atoms with van der Waals surface area (Å²) in [6.45, 7) is 2.45. The molecule has 3 aliphatic carbocycles. The average Bonchev–Trinajstić information content (AvgIpc) is 3.28. The third-order valence-electron chi connectivity index (χ3n) is 6.64. The fraction of sp³-hybridized carbons (Fsp3) is 0.476. The molecule has 0 N–H and O–H groups in total. The van der Waals surface area contributed by atoms with Gasteiger partial charge in [-0.3, -0.25) is 9.59 Å². The zero-order chi connectivity index (χ0) is 18.8. The van der Waals surface area contributed by atoms with E-state index in [1.54, 1.807) is 19.2 Å². The zero-order valence-electron chi connectivity index (χ0n) is 15.4. The Morgan fingerprint density at radius 1 is 1.15 bits per heavy atom. The maximum absolute atomic E-state index is 12.9. The highest BCUT2D eigenvalue weighted by atomic mass is 16.5. The van der Waals surface area contributed by atoms with Gasteiger partial charge in [-0.25, -0.2) is 0 Å². The lowest BCUT2D eigenvalue weighted by atomic mass is 9.85. The second-order valence-electron chi connectivity index (χ2n) is 7.80. The number of hydrazone groups is 1. The molecule has 2 saturated carbocycles. The van der Waals surface area contributed by atoms with Crippen molar-refractivity contribution in [3.05, 3.63) is 35.9 Å². The van der Waals surface area contributed by atoms with Gasteiger partial charge in [0.05, 0.1) is 31.8 Å². The van der Waals surface area contributed by atoms with Crippen molar-refractivity contribution in [1.82, 2.24) is 5.01 Å². The highest BCUT2D eigenvalue weighted by Crippen LogP contribution is 2.73. The van der Waals surface area contributed by atoms with E-state index in [1.165, 1.54) is 6.21 Å². The summed E-state index contributed by atoms with van der Waals surface area (Å²) in [4.78, 5) is 25.8. The summed E-state index contributed by atoms with van der Waals surface area (Å²) in [5.41, 5.74) is 0.951. The Kier molecular flexibility index (Phi) is 3.48. The molecule has 6 nitrogen and oxygen atoms in total. The van der Waals surface area contributed by atoms with Gasteiger partial charge in [0, 0.05) is 0 Å². The third kappa shape index (κ3) is 2.16. The molecule has 27 heavy (non-hydrogen) atoms. The molecule has 0 aromatic heterocycles. The lowest BCUT2D eigenvalue weighted by molar-refractivity contribution is -0.141. The van der Waals surface area contributed by atoms with Crippen LogP contribution in [0.1, 0.15) is 25.3 Å². The number of hydrogen-bond acceptors (Lipinski definition) is 5. The maximum atomic E-state index is 12.9. The maximum Gasteiger partial charge on any atom is 0.254 e. The van der Waals surface area contributed by atoms with Crippen LogP contribution >= 0.6 is 0 Å². The van der Waals surface area contributed by atoms with Gasteiger partial charge in [0.25, 0.3) is 11.8 Å². The molecule has 6 heteroatoms. The highest BCUT2D eigenvalue weighted by Gasteiger charge is 2.73. The van der Waals surface area contributed by atoms with E-state index in [2.05, 4.69) is 17.3 Å². The standard InChI is InChI=1S/C21H22N2O4/c1-3-27-15-7-4-12(10-16(15)26-2)11-22-23-19(24)17-13-5-6-14(18(17)20(23)25)21(13)8-9-21/h4-7,10-11,13-14,17-18H,3,8-9H2,1-2H3/b22-11-/t13-,14-,17-,18+/m0/s1. The molecule has 1 aromatic carbocycles. The van der Waals surface area contributed by atoms with E-state index >= 15 is 0 Å². The number of imide groups is 1. The number of carbonyl (C=O) groups is 2. The molecule has 4 atom stereocenters. The fourth-order valence-corrected chi connectivity index (χ4v) is 5.34. The van der Waals surface area contributed by atoms with Crippen molar-refractivity contribution in [2.45, 2.75) is 19.8 Å². The largest absolute Gasteiger partial charge is 0.493 e. The topological polar surface area (TPSA) is 68.2 Å². The number of rotatable bonds is 5. The summed E-state index contributed by atoms with van der Waals surface area (Å²) < 4.78 is 10.8. The van der Waals surface area contributed by atoms with Gasteiger partial charge in [-0.05, 0) is 60.8 Å². The lowest BCUT2D eigenvalue weighted by Gasteiger charge is -2.18. The van der Waals surface area contributed by atoms with E-state index in [-0.39, 0.29) is 40.9 Å². The normalized spacial score (nSPS) is 32.0. The number of methoxy groups -OCH3 is 1. The van der Waals surface area contributed by atoms with Crippen LogP contribution in [0.3, 0.4) is 0 Å². The molecule has 3 fully saturated rings. The molecule has 1 aromatic rings. The van der Waals surface area contributed by atoms with Crippen molar-refractivity contribution in [2.24, 2.45) is 34.2 Å². The summed E-state index contributed by atoms with van der Waals surface area (Å²) in [6.07, 6.45) is 8.14. The third-order valence-corrected chi connectivity index (χ3v) is 6.64. The molecule has 4 aliphatic rings. The molecule has 2 bridgehead atoms. The molecular weight excluding hydrogens is 344 g/mol. The molecule has 1 saturated heterocycles. The Morgan fingerprint density at radius 3 is 2.37 bits per heavy atom. The van der Waals surface area contributed by atoms with Crippen molar-refractivity contribution in [1.29, 1.82) is 0 Å². The Morgan fingerprint density at radius 2 is 1.81 bits per heavy atom. The van der Waals surface area contributed by atoms with Crippen LogP contribution in [0.25, 0.3) is 0 Å². The highest BCUT2D eigenvalue weighted by molar-refractivity contribution is 6.07.